The zero-order valence-corrected chi connectivity index (χ0v) is 27.2. The van der Waals surface area contributed by atoms with Gasteiger partial charge < -0.3 is 30.3 Å². The van der Waals surface area contributed by atoms with Gasteiger partial charge in [-0.3, -0.25) is 9.59 Å². The third kappa shape index (κ3) is 9.38. The van der Waals surface area contributed by atoms with Crippen LogP contribution in [-0.2, 0) is 25.7 Å². The van der Waals surface area contributed by atoms with E-state index in [-0.39, 0.29) is 42.3 Å². The van der Waals surface area contributed by atoms with Gasteiger partial charge in [-0.25, -0.2) is 0 Å². The lowest BCUT2D eigenvalue weighted by molar-refractivity contribution is -0.268. The maximum absolute atomic E-state index is 12.7. The van der Waals surface area contributed by atoms with E-state index in [1.807, 2.05) is 48.5 Å². The lowest BCUT2D eigenvalue weighted by Gasteiger charge is -2.41. The van der Waals surface area contributed by atoms with E-state index in [1.54, 1.807) is 28.9 Å². The number of carbonyl (C=O) groups is 2. The minimum Gasteiger partial charge on any atom is -0.508 e. The van der Waals surface area contributed by atoms with Crippen molar-refractivity contribution in [1.29, 1.82) is 0 Å². The molecule has 0 radical (unpaired) electrons. The van der Waals surface area contributed by atoms with E-state index in [2.05, 4.69) is 33.1 Å². The molecule has 2 heterocycles. The first-order valence-corrected chi connectivity index (χ1v) is 16.6. The monoisotopic (exact) mass is 660 g/mol. The summed E-state index contributed by atoms with van der Waals surface area (Å²) in [5, 5.41) is 37.8. The summed E-state index contributed by atoms with van der Waals surface area (Å²) >= 11 is 1.46. The van der Waals surface area contributed by atoms with Crippen LogP contribution < -0.4 is 10.6 Å². The summed E-state index contributed by atoms with van der Waals surface area (Å²) in [7, 11) is 0. The van der Waals surface area contributed by atoms with Gasteiger partial charge in [0.25, 0.3) is 0 Å². The molecule has 1 fully saturated rings. The predicted molar refractivity (Wildman–Crippen MR) is 177 cm³/mol. The van der Waals surface area contributed by atoms with Crippen molar-refractivity contribution in [2.45, 2.75) is 69.8 Å². The van der Waals surface area contributed by atoms with Crippen molar-refractivity contribution >= 4 is 29.3 Å². The van der Waals surface area contributed by atoms with Crippen LogP contribution in [0.2, 0.25) is 0 Å². The van der Waals surface area contributed by atoms with E-state index >= 15 is 0 Å². The SMILES string of the molecule is CC(=O)NCCCCCC(=O)Nc1cccc([C@H]2O[C@@H](CSc3nnnn3-c3ccc(O)cc3)[C@@H](C)[C@@H](c3ccc(CO)cc3)O2)c1. The van der Waals surface area contributed by atoms with Crippen LogP contribution in [0.5, 0.6) is 5.75 Å². The van der Waals surface area contributed by atoms with Crippen LogP contribution in [0, 0.1) is 5.92 Å². The Bertz CT molecular complexity index is 1620. The molecule has 4 aromatic rings. The third-order valence-electron chi connectivity index (χ3n) is 7.93. The number of aliphatic hydroxyl groups is 1. The third-order valence-corrected chi connectivity index (χ3v) is 8.94. The van der Waals surface area contributed by atoms with Gasteiger partial charge >= 0.3 is 0 Å². The molecule has 1 aliphatic heterocycles. The summed E-state index contributed by atoms with van der Waals surface area (Å²) in [5.41, 5.74) is 3.93. The van der Waals surface area contributed by atoms with Crippen molar-refractivity contribution in [1.82, 2.24) is 25.5 Å². The maximum Gasteiger partial charge on any atom is 0.224 e. The number of benzene rings is 3. The minimum atomic E-state index is -0.710. The molecule has 0 unspecified atom stereocenters. The van der Waals surface area contributed by atoms with Crippen molar-refractivity contribution in [2.24, 2.45) is 5.92 Å². The molecule has 13 heteroatoms. The molecule has 1 aliphatic rings. The molecule has 5 rings (SSSR count). The molecule has 0 bridgehead atoms. The number of nitrogens with zero attached hydrogens (tertiary/aromatic N) is 4. The predicted octanol–water partition coefficient (Wildman–Crippen LogP) is 5.08. The lowest BCUT2D eigenvalue weighted by Crippen LogP contribution is -2.38. The van der Waals surface area contributed by atoms with Crippen molar-refractivity contribution in [3.05, 3.63) is 89.5 Å². The fourth-order valence-electron chi connectivity index (χ4n) is 5.33. The number of hydrogen-bond acceptors (Lipinski definition) is 10. The molecular formula is C34H40N6O6S. The summed E-state index contributed by atoms with van der Waals surface area (Å²) in [4.78, 5) is 23.7. The first-order chi connectivity index (χ1) is 22.8. The average molecular weight is 661 g/mol. The largest absolute Gasteiger partial charge is 0.508 e. The van der Waals surface area contributed by atoms with Crippen LogP contribution in [-0.4, -0.2) is 60.6 Å². The highest BCUT2D eigenvalue weighted by molar-refractivity contribution is 7.99. The smallest absolute Gasteiger partial charge is 0.224 e. The number of anilines is 1. The first-order valence-electron chi connectivity index (χ1n) is 15.7. The number of phenols is 1. The molecule has 12 nitrogen and oxygen atoms in total. The number of aliphatic hydroxyl groups excluding tert-OH is 1. The van der Waals surface area contributed by atoms with Gasteiger partial charge in [0.1, 0.15) is 5.75 Å². The second-order valence-corrected chi connectivity index (χ2v) is 12.5. The molecule has 1 saturated heterocycles. The van der Waals surface area contributed by atoms with Gasteiger partial charge in [0.05, 0.1) is 24.5 Å². The van der Waals surface area contributed by atoms with Crippen LogP contribution in [0.25, 0.3) is 5.69 Å². The Morgan fingerprint density at radius 1 is 0.979 bits per heavy atom. The number of amides is 2. The number of carbonyl (C=O) groups excluding carboxylic acids is 2. The Morgan fingerprint density at radius 2 is 1.77 bits per heavy atom. The summed E-state index contributed by atoms with van der Waals surface area (Å²) in [6.07, 6.45) is 1.50. The van der Waals surface area contributed by atoms with E-state index in [0.717, 1.165) is 41.6 Å². The van der Waals surface area contributed by atoms with E-state index in [4.69, 9.17) is 9.47 Å². The van der Waals surface area contributed by atoms with Crippen LogP contribution >= 0.6 is 11.8 Å². The Balaban J connectivity index is 1.29. The van der Waals surface area contributed by atoms with Crippen LogP contribution in [0.1, 0.15) is 68.6 Å². The lowest BCUT2D eigenvalue weighted by atomic mass is 9.91. The van der Waals surface area contributed by atoms with E-state index in [0.29, 0.717) is 29.6 Å². The molecule has 0 spiro atoms. The van der Waals surface area contributed by atoms with Crippen molar-refractivity contribution in [3.8, 4) is 11.4 Å². The fourth-order valence-corrected chi connectivity index (χ4v) is 6.38. The van der Waals surface area contributed by atoms with Crippen LogP contribution in [0.4, 0.5) is 5.69 Å². The number of aromatic hydroxyl groups is 1. The number of ether oxygens (including phenoxy) is 2. The topological polar surface area (TPSA) is 161 Å². The Morgan fingerprint density at radius 3 is 2.51 bits per heavy atom. The number of unbranched alkanes of at least 4 members (excludes halogenated alkanes) is 2. The normalized spacial score (nSPS) is 19.3. The molecule has 0 saturated carbocycles. The van der Waals surface area contributed by atoms with Crippen molar-refractivity contribution in [3.63, 3.8) is 0 Å². The van der Waals surface area contributed by atoms with Crippen molar-refractivity contribution < 1.29 is 29.3 Å². The average Bonchev–Trinajstić information content (AvgIpc) is 3.55. The number of nitrogens with one attached hydrogen (secondary N) is 2. The van der Waals surface area contributed by atoms with Gasteiger partial charge in [-0.15, -0.1) is 5.10 Å². The van der Waals surface area contributed by atoms with E-state index in [1.165, 1.54) is 18.7 Å². The van der Waals surface area contributed by atoms with Gasteiger partial charge in [-0.05, 0) is 70.8 Å². The molecule has 3 aromatic carbocycles. The van der Waals surface area contributed by atoms with Gasteiger partial charge in [0.2, 0.25) is 17.0 Å². The van der Waals surface area contributed by atoms with E-state index < -0.39 is 6.29 Å². The molecule has 47 heavy (non-hydrogen) atoms. The van der Waals surface area contributed by atoms with Crippen molar-refractivity contribution in [2.75, 3.05) is 17.6 Å². The molecule has 1 aromatic heterocycles. The molecule has 0 aliphatic carbocycles. The maximum atomic E-state index is 12.7. The highest BCUT2D eigenvalue weighted by Crippen LogP contribution is 2.43. The second-order valence-electron chi connectivity index (χ2n) is 11.5. The fraction of sp³-hybridized carbons (Fsp3) is 0.382. The summed E-state index contributed by atoms with van der Waals surface area (Å²) < 4.78 is 14.8. The Labute approximate surface area is 277 Å². The van der Waals surface area contributed by atoms with Gasteiger partial charge in [0.15, 0.2) is 6.29 Å². The van der Waals surface area contributed by atoms with Gasteiger partial charge in [-0.1, -0.05) is 61.5 Å². The Kier molecular flexibility index (Phi) is 12.0. The zero-order chi connectivity index (χ0) is 33.2. The van der Waals surface area contributed by atoms with Crippen LogP contribution in [0.15, 0.2) is 78.0 Å². The highest BCUT2D eigenvalue weighted by Gasteiger charge is 2.38. The number of thioether (sulfide) groups is 1. The quantitative estimate of drug-likeness (QED) is 0.106. The Hall–Kier alpha value is -4.30. The number of phenolic OH excluding ortho intramolecular Hbond substituents is 1. The number of aromatic nitrogens is 4. The number of hydrogen-bond donors (Lipinski definition) is 4. The zero-order valence-electron chi connectivity index (χ0n) is 26.4. The molecule has 2 amide bonds. The van der Waals surface area contributed by atoms with E-state index in [9.17, 15) is 19.8 Å². The number of tetrazole rings is 1. The van der Waals surface area contributed by atoms with Gasteiger partial charge in [-0.2, -0.15) is 4.68 Å². The molecule has 248 valence electrons. The standard InChI is InChI=1S/C34H40N6O6S/c1-22-30(21-47-34-37-38-39-40(34)28-14-16-29(43)17-15-28)45-33(46-32(22)25-12-10-24(20-41)11-13-25)26-7-6-8-27(19-26)36-31(44)9-4-3-5-18-35-23(2)42/h6-8,10-17,19,22,30,32-33,41,43H,3-5,9,18,20-21H2,1-2H3,(H,35,42)(H,36,44)/t22-,30+,32+,33+/m1/s1. The molecule has 4 atom stereocenters. The minimum absolute atomic E-state index is 0.0440. The first kappa shape index (κ1) is 34.0. The number of rotatable bonds is 14. The van der Waals surface area contributed by atoms with Gasteiger partial charge in [0, 0.05) is 42.8 Å². The molecule has 4 N–H and O–H groups in total. The second kappa shape index (κ2) is 16.5. The summed E-state index contributed by atoms with van der Waals surface area (Å²) in [6, 6.07) is 21.9. The van der Waals surface area contributed by atoms with Crippen LogP contribution in [0.3, 0.4) is 0 Å². The molecular weight excluding hydrogens is 620 g/mol. The summed E-state index contributed by atoms with van der Waals surface area (Å²) in [6.45, 7) is 4.15. The highest BCUT2D eigenvalue weighted by atomic mass is 32.2. The summed E-state index contributed by atoms with van der Waals surface area (Å²) in [5.74, 6) is 0.506.